The highest BCUT2D eigenvalue weighted by Gasteiger charge is 2.15. The molecule has 3 heteroatoms. The van der Waals surface area contributed by atoms with Gasteiger partial charge in [-0.1, -0.05) is 48.5 Å². The molecule has 2 rings (SSSR count). The summed E-state index contributed by atoms with van der Waals surface area (Å²) in [6, 6.07) is 17.1. The normalized spacial score (nSPS) is 11.2. The number of nitrogens with zero attached hydrogens (tertiary/aromatic N) is 1. The summed E-state index contributed by atoms with van der Waals surface area (Å²) in [5, 5.41) is 0. The van der Waals surface area contributed by atoms with Crippen LogP contribution in [-0.2, 0) is 9.53 Å². The maximum atomic E-state index is 12.1. The number of carbonyl (C=O) groups is 1. The van der Waals surface area contributed by atoms with Crippen LogP contribution < -0.4 is 0 Å². The van der Waals surface area contributed by atoms with Gasteiger partial charge >= 0.3 is 5.97 Å². The Morgan fingerprint density at radius 2 is 1.70 bits per heavy atom. The van der Waals surface area contributed by atoms with Gasteiger partial charge in [0.25, 0.3) is 0 Å². The van der Waals surface area contributed by atoms with Crippen molar-refractivity contribution in [3.8, 4) is 0 Å². The van der Waals surface area contributed by atoms with Crippen LogP contribution in [0.3, 0.4) is 0 Å². The summed E-state index contributed by atoms with van der Waals surface area (Å²) < 4.78 is 5.10. The van der Waals surface area contributed by atoms with Crippen molar-refractivity contribution in [1.29, 1.82) is 0 Å². The Bertz CT molecular complexity index is 618. The molecule has 0 heterocycles. The second kappa shape index (κ2) is 6.66. The Morgan fingerprint density at radius 3 is 2.35 bits per heavy atom. The highest BCUT2D eigenvalue weighted by Crippen LogP contribution is 2.19. The second-order valence-electron chi connectivity index (χ2n) is 4.33. The largest absolute Gasteiger partial charge is 0.461 e. The molecule has 2 aromatic rings. The van der Waals surface area contributed by atoms with Gasteiger partial charge in [-0.25, -0.2) is 9.79 Å². The topological polar surface area (TPSA) is 38.7 Å². The zero-order valence-corrected chi connectivity index (χ0v) is 11.7. The highest BCUT2D eigenvalue weighted by molar-refractivity contribution is 6.43. The first-order valence-electron chi connectivity index (χ1n) is 6.59. The fraction of sp³-hybridized carbons (Fsp3) is 0.176. The van der Waals surface area contributed by atoms with E-state index in [0.29, 0.717) is 12.3 Å². The maximum Gasteiger partial charge on any atom is 0.357 e. The summed E-state index contributed by atoms with van der Waals surface area (Å²) in [5.74, 6) is -0.401. The van der Waals surface area contributed by atoms with Gasteiger partial charge in [-0.05, 0) is 25.5 Å². The van der Waals surface area contributed by atoms with Gasteiger partial charge in [-0.2, -0.15) is 0 Å². The summed E-state index contributed by atoms with van der Waals surface area (Å²) in [6.45, 7) is 4.08. The molecule has 0 saturated heterocycles. The predicted molar refractivity (Wildman–Crippen MR) is 80.5 cm³/mol. The quantitative estimate of drug-likeness (QED) is 0.626. The monoisotopic (exact) mass is 267 g/mol. The number of hydrogen-bond acceptors (Lipinski definition) is 3. The van der Waals surface area contributed by atoms with Gasteiger partial charge in [-0.3, -0.25) is 0 Å². The summed E-state index contributed by atoms with van der Waals surface area (Å²) in [4.78, 5) is 16.6. The Hall–Kier alpha value is -2.42. The SMILES string of the molecule is CCOC(=O)C(=Nc1ccccc1C)c1ccccc1. The molecule has 3 nitrogen and oxygen atoms in total. The number of rotatable bonds is 4. The first-order valence-corrected chi connectivity index (χ1v) is 6.59. The molecule has 102 valence electrons. The fourth-order valence-corrected chi connectivity index (χ4v) is 1.83. The van der Waals surface area contributed by atoms with Gasteiger partial charge in [0.15, 0.2) is 5.71 Å². The molecule has 0 N–H and O–H groups in total. The number of aryl methyl sites for hydroxylation is 1. The lowest BCUT2D eigenvalue weighted by Crippen LogP contribution is -2.18. The van der Waals surface area contributed by atoms with Crippen molar-refractivity contribution in [2.45, 2.75) is 13.8 Å². The van der Waals surface area contributed by atoms with Crippen molar-refractivity contribution < 1.29 is 9.53 Å². The van der Waals surface area contributed by atoms with Gasteiger partial charge in [-0.15, -0.1) is 0 Å². The first-order chi connectivity index (χ1) is 9.72. The molecule has 0 radical (unpaired) electrons. The Labute approximate surface area is 118 Å². The Kier molecular flexibility index (Phi) is 4.66. The van der Waals surface area contributed by atoms with Crippen molar-refractivity contribution in [1.82, 2.24) is 0 Å². The zero-order chi connectivity index (χ0) is 14.4. The predicted octanol–water partition coefficient (Wildman–Crippen LogP) is 3.68. The molecule has 0 atom stereocenters. The molecule has 0 fully saturated rings. The maximum absolute atomic E-state index is 12.1. The van der Waals surface area contributed by atoms with Crippen LogP contribution in [0.4, 0.5) is 5.69 Å². The van der Waals surface area contributed by atoms with Gasteiger partial charge in [0.05, 0.1) is 12.3 Å². The third-order valence-corrected chi connectivity index (χ3v) is 2.86. The molecular weight excluding hydrogens is 250 g/mol. The lowest BCUT2D eigenvalue weighted by Gasteiger charge is -2.07. The molecule has 0 aromatic heterocycles. The number of benzene rings is 2. The minimum atomic E-state index is -0.401. The molecule has 20 heavy (non-hydrogen) atoms. The zero-order valence-electron chi connectivity index (χ0n) is 11.7. The van der Waals surface area contributed by atoms with E-state index >= 15 is 0 Å². The summed E-state index contributed by atoms with van der Waals surface area (Å²) in [6.07, 6.45) is 0. The van der Waals surface area contributed by atoms with Crippen LogP contribution >= 0.6 is 0 Å². The molecule has 0 amide bonds. The molecule has 0 aliphatic carbocycles. The summed E-state index contributed by atoms with van der Waals surface area (Å²) in [5.41, 5.74) is 2.89. The number of aliphatic imine (C=N–C) groups is 1. The smallest absolute Gasteiger partial charge is 0.357 e. The first kappa shape index (κ1) is 14.0. The summed E-state index contributed by atoms with van der Waals surface area (Å²) >= 11 is 0. The van der Waals surface area contributed by atoms with Crippen molar-refractivity contribution in [2.24, 2.45) is 4.99 Å². The molecular formula is C17H17NO2. The minimum Gasteiger partial charge on any atom is -0.461 e. The average molecular weight is 267 g/mol. The molecule has 0 spiro atoms. The third kappa shape index (κ3) is 3.32. The van der Waals surface area contributed by atoms with E-state index in [1.165, 1.54) is 0 Å². The van der Waals surface area contributed by atoms with E-state index in [1.807, 2.05) is 61.5 Å². The van der Waals surface area contributed by atoms with Gasteiger partial charge in [0.1, 0.15) is 0 Å². The van der Waals surface area contributed by atoms with Crippen LogP contribution in [0.15, 0.2) is 59.6 Å². The molecule has 0 unspecified atom stereocenters. The number of ether oxygens (including phenoxy) is 1. The minimum absolute atomic E-state index is 0.332. The number of para-hydroxylation sites is 1. The lowest BCUT2D eigenvalue weighted by molar-refractivity contribution is -0.134. The summed E-state index contributed by atoms with van der Waals surface area (Å²) in [7, 11) is 0. The van der Waals surface area contributed by atoms with E-state index in [4.69, 9.17) is 4.74 Å². The van der Waals surface area contributed by atoms with Gasteiger partial charge in [0, 0.05) is 5.56 Å². The Balaban J connectivity index is 2.47. The molecule has 0 saturated carbocycles. The highest BCUT2D eigenvalue weighted by atomic mass is 16.5. The fourth-order valence-electron chi connectivity index (χ4n) is 1.83. The van der Waals surface area contributed by atoms with Crippen molar-refractivity contribution >= 4 is 17.4 Å². The third-order valence-electron chi connectivity index (χ3n) is 2.86. The number of carbonyl (C=O) groups excluding carboxylic acids is 1. The second-order valence-corrected chi connectivity index (χ2v) is 4.33. The van der Waals surface area contributed by atoms with Gasteiger partial charge < -0.3 is 4.74 Å². The van der Waals surface area contributed by atoms with E-state index < -0.39 is 5.97 Å². The van der Waals surface area contributed by atoms with Crippen LogP contribution in [0, 0.1) is 6.92 Å². The van der Waals surface area contributed by atoms with E-state index in [9.17, 15) is 4.79 Å². The number of esters is 1. The molecule has 2 aromatic carbocycles. The van der Waals surface area contributed by atoms with Crippen LogP contribution in [-0.4, -0.2) is 18.3 Å². The van der Waals surface area contributed by atoms with Crippen LogP contribution in [0.5, 0.6) is 0 Å². The van der Waals surface area contributed by atoms with Crippen molar-refractivity contribution in [3.05, 3.63) is 65.7 Å². The molecule has 0 bridgehead atoms. The number of hydrogen-bond donors (Lipinski definition) is 0. The van der Waals surface area contributed by atoms with E-state index in [-0.39, 0.29) is 0 Å². The van der Waals surface area contributed by atoms with E-state index in [0.717, 1.165) is 16.8 Å². The standard InChI is InChI=1S/C17H17NO2/c1-3-20-17(19)16(14-10-5-4-6-11-14)18-15-12-8-7-9-13(15)2/h4-12H,3H2,1-2H3. The van der Waals surface area contributed by atoms with Gasteiger partial charge in [0.2, 0.25) is 0 Å². The van der Waals surface area contributed by atoms with Crippen LogP contribution in [0.1, 0.15) is 18.1 Å². The van der Waals surface area contributed by atoms with E-state index in [1.54, 1.807) is 6.92 Å². The van der Waals surface area contributed by atoms with Crippen molar-refractivity contribution in [2.75, 3.05) is 6.61 Å². The van der Waals surface area contributed by atoms with Crippen LogP contribution in [0.2, 0.25) is 0 Å². The van der Waals surface area contributed by atoms with Crippen LogP contribution in [0.25, 0.3) is 0 Å². The van der Waals surface area contributed by atoms with Crippen molar-refractivity contribution in [3.63, 3.8) is 0 Å². The van der Waals surface area contributed by atoms with E-state index in [2.05, 4.69) is 4.99 Å². The lowest BCUT2D eigenvalue weighted by atomic mass is 10.1. The molecule has 0 aliphatic heterocycles. The molecule has 0 aliphatic rings. The average Bonchev–Trinajstić information content (AvgIpc) is 2.47. The Morgan fingerprint density at radius 1 is 1.05 bits per heavy atom.